The summed E-state index contributed by atoms with van der Waals surface area (Å²) in [7, 11) is 3.83. The molecule has 186 valence electrons. The third kappa shape index (κ3) is 5.03. The highest BCUT2D eigenvalue weighted by Crippen LogP contribution is 2.31. The van der Waals surface area contributed by atoms with E-state index in [0.717, 1.165) is 47.8 Å². The van der Waals surface area contributed by atoms with E-state index in [2.05, 4.69) is 51.7 Å². The van der Waals surface area contributed by atoms with Crippen LogP contribution in [-0.2, 0) is 6.54 Å². The van der Waals surface area contributed by atoms with Crippen LogP contribution in [-0.4, -0.2) is 64.8 Å². The predicted molar refractivity (Wildman–Crippen MR) is 144 cm³/mol. The van der Waals surface area contributed by atoms with Crippen LogP contribution < -0.4 is 4.74 Å². The highest BCUT2D eigenvalue weighted by molar-refractivity contribution is 6.30. The summed E-state index contributed by atoms with van der Waals surface area (Å²) < 4.78 is 7.15. The Morgan fingerprint density at radius 1 is 1.00 bits per heavy atom. The van der Waals surface area contributed by atoms with Crippen molar-refractivity contribution in [3.63, 3.8) is 0 Å². The number of benzene rings is 2. The van der Waals surface area contributed by atoms with Crippen LogP contribution in [0.2, 0.25) is 5.02 Å². The molecule has 7 heteroatoms. The minimum Gasteiger partial charge on any atom is -0.496 e. The number of likely N-dealkylation sites (tertiary alicyclic amines) is 1. The molecule has 2 atom stereocenters. The van der Waals surface area contributed by atoms with Crippen LogP contribution >= 0.6 is 11.6 Å². The van der Waals surface area contributed by atoms with Crippen molar-refractivity contribution in [1.82, 2.24) is 19.2 Å². The molecule has 0 radical (unpaired) electrons. The number of imidazole rings is 1. The van der Waals surface area contributed by atoms with E-state index in [1.54, 1.807) is 25.3 Å². The van der Waals surface area contributed by atoms with Gasteiger partial charge in [0.2, 0.25) is 0 Å². The quantitative estimate of drug-likeness (QED) is 0.340. The van der Waals surface area contributed by atoms with Gasteiger partial charge in [-0.2, -0.15) is 0 Å². The van der Waals surface area contributed by atoms with Gasteiger partial charge in [0, 0.05) is 48.5 Å². The average Bonchev–Trinajstić information content (AvgIpc) is 3.35. The normalized spacial score (nSPS) is 19.6. The molecule has 2 bridgehead atoms. The number of nitrogens with zero attached hydrogens (tertiary/aromatic N) is 4. The maximum Gasteiger partial charge on any atom is 0.153 e. The van der Waals surface area contributed by atoms with E-state index in [9.17, 15) is 4.79 Å². The van der Waals surface area contributed by atoms with Crippen molar-refractivity contribution in [3.05, 3.63) is 89.2 Å². The number of methoxy groups -OCH3 is 1. The smallest absolute Gasteiger partial charge is 0.153 e. The lowest BCUT2D eigenvalue weighted by molar-refractivity contribution is 0.0828. The molecule has 2 fully saturated rings. The van der Waals surface area contributed by atoms with E-state index >= 15 is 0 Å². The topological polar surface area (TPSA) is 50.1 Å². The third-order valence-corrected chi connectivity index (χ3v) is 7.56. The van der Waals surface area contributed by atoms with Crippen molar-refractivity contribution in [2.24, 2.45) is 0 Å². The summed E-state index contributed by atoms with van der Waals surface area (Å²) in [5.41, 5.74) is 5.06. The van der Waals surface area contributed by atoms with Crippen LogP contribution in [0, 0.1) is 0 Å². The Morgan fingerprint density at radius 2 is 1.69 bits per heavy atom. The van der Waals surface area contributed by atoms with Gasteiger partial charge in [-0.25, -0.2) is 4.98 Å². The number of likely N-dealkylation sites (N-methyl/N-ethyl adjacent to an activating group) is 1. The van der Waals surface area contributed by atoms with E-state index < -0.39 is 0 Å². The minimum atomic E-state index is 0.588. The largest absolute Gasteiger partial charge is 0.496 e. The molecule has 4 aromatic rings. The van der Waals surface area contributed by atoms with Gasteiger partial charge in [0.15, 0.2) is 6.29 Å². The summed E-state index contributed by atoms with van der Waals surface area (Å²) in [4.78, 5) is 20.4. The lowest BCUT2D eigenvalue weighted by atomic mass is 10.1. The highest BCUT2D eigenvalue weighted by Gasteiger charge is 2.37. The number of hydrogen-bond acceptors (Lipinski definition) is 5. The molecule has 0 spiro atoms. The lowest BCUT2D eigenvalue weighted by Gasteiger charge is -2.38. The number of carbonyl (C=O) groups excluding carboxylic acids is 1. The van der Waals surface area contributed by atoms with Gasteiger partial charge in [-0.3, -0.25) is 14.6 Å². The number of aromatic nitrogens is 2. The zero-order chi connectivity index (χ0) is 25.1. The van der Waals surface area contributed by atoms with Gasteiger partial charge < -0.3 is 9.14 Å². The molecular weight excluding hydrogens is 472 g/mol. The van der Waals surface area contributed by atoms with Gasteiger partial charge in [0.25, 0.3) is 0 Å². The van der Waals surface area contributed by atoms with Crippen LogP contribution in [0.3, 0.4) is 0 Å². The number of aldehydes is 1. The van der Waals surface area contributed by atoms with Crippen LogP contribution in [0.25, 0.3) is 16.9 Å². The second-order valence-electron chi connectivity index (χ2n) is 9.45. The van der Waals surface area contributed by atoms with E-state index in [-0.39, 0.29) is 0 Å². The molecule has 6 rings (SSSR count). The van der Waals surface area contributed by atoms with E-state index in [0.29, 0.717) is 23.4 Å². The number of pyridine rings is 1. The number of fused-ring (bicyclic) bond motifs is 3. The van der Waals surface area contributed by atoms with Crippen LogP contribution in [0.15, 0.2) is 72.9 Å². The second-order valence-corrected chi connectivity index (χ2v) is 9.88. The number of halogens is 1. The Bertz CT molecular complexity index is 1320. The number of rotatable bonds is 5. The summed E-state index contributed by atoms with van der Waals surface area (Å²) in [6.45, 7) is 3.23. The second kappa shape index (κ2) is 10.8. The molecule has 2 aliphatic heterocycles. The molecule has 2 aromatic carbocycles. The van der Waals surface area contributed by atoms with Gasteiger partial charge in [-0.05, 0) is 56.3 Å². The molecule has 2 unspecified atom stereocenters. The Labute approximate surface area is 217 Å². The van der Waals surface area contributed by atoms with E-state index in [1.807, 2.05) is 24.3 Å². The van der Waals surface area contributed by atoms with Crippen molar-refractivity contribution in [1.29, 1.82) is 0 Å². The van der Waals surface area contributed by atoms with Gasteiger partial charge in [-0.1, -0.05) is 41.9 Å². The van der Waals surface area contributed by atoms with Crippen molar-refractivity contribution in [3.8, 4) is 17.0 Å². The molecule has 0 aliphatic carbocycles. The van der Waals surface area contributed by atoms with Crippen molar-refractivity contribution >= 4 is 23.5 Å². The molecule has 0 N–H and O–H groups in total. The maximum atomic E-state index is 10.3. The molecule has 2 aromatic heterocycles. The van der Waals surface area contributed by atoms with Crippen molar-refractivity contribution < 1.29 is 9.53 Å². The molecular formula is C29H31ClN4O2. The van der Waals surface area contributed by atoms with E-state index in [1.165, 1.54) is 18.5 Å². The lowest BCUT2D eigenvalue weighted by Crippen LogP contribution is -2.51. The Kier molecular flexibility index (Phi) is 7.37. The maximum absolute atomic E-state index is 10.3. The SMILES string of the molecule is CN1C2CCC1CN(Cc1c(-c3ccc(Cl)cc3)nc3ccccn13)C2.COc1ccccc1C=O. The Hall–Kier alpha value is -3.19. The Morgan fingerprint density at radius 3 is 2.36 bits per heavy atom. The molecule has 36 heavy (non-hydrogen) atoms. The molecule has 0 amide bonds. The van der Waals surface area contributed by atoms with Crippen molar-refractivity contribution in [2.75, 3.05) is 27.2 Å². The summed E-state index contributed by atoms with van der Waals surface area (Å²) in [5, 5.41) is 0.759. The Balaban J connectivity index is 0.000000226. The first-order chi connectivity index (χ1) is 17.6. The van der Waals surface area contributed by atoms with Gasteiger partial charge in [0.1, 0.15) is 11.4 Å². The zero-order valence-corrected chi connectivity index (χ0v) is 21.4. The van der Waals surface area contributed by atoms with Crippen LogP contribution in [0.4, 0.5) is 0 Å². The zero-order valence-electron chi connectivity index (χ0n) is 20.7. The monoisotopic (exact) mass is 502 g/mol. The van der Waals surface area contributed by atoms with Gasteiger partial charge >= 0.3 is 0 Å². The standard InChI is InChI=1S/C21H23ClN4.C8H8O2/c1-24-17-9-10-18(24)13-25(12-17)14-19-21(15-5-7-16(22)8-6-15)23-20-4-2-3-11-26(19)20;1-10-8-5-3-2-4-7(8)6-9/h2-8,11,17-18H,9-10,12-14H2,1H3;2-6H,1H3. The number of piperazine rings is 1. The van der Waals surface area contributed by atoms with Crippen LogP contribution in [0.1, 0.15) is 28.9 Å². The first-order valence-electron chi connectivity index (χ1n) is 12.3. The molecule has 0 saturated carbocycles. The number of para-hydroxylation sites is 1. The highest BCUT2D eigenvalue weighted by atomic mass is 35.5. The third-order valence-electron chi connectivity index (χ3n) is 7.31. The summed E-state index contributed by atoms with van der Waals surface area (Å²) in [6.07, 6.45) is 5.56. The molecule has 2 saturated heterocycles. The first kappa shape index (κ1) is 24.5. The summed E-state index contributed by atoms with van der Waals surface area (Å²) in [5.74, 6) is 0.623. The average molecular weight is 503 g/mol. The van der Waals surface area contributed by atoms with Gasteiger partial charge in [-0.15, -0.1) is 0 Å². The fraction of sp³-hybridized carbons (Fsp3) is 0.310. The summed E-state index contributed by atoms with van der Waals surface area (Å²) in [6, 6.07) is 22.7. The fourth-order valence-corrected chi connectivity index (χ4v) is 5.47. The number of hydrogen-bond donors (Lipinski definition) is 0. The van der Waals surface area contributed by atoms with Crippen molar-refractivity contribution in [2.45, 2.75) is 31.5 Å². The molecule has 6 nitrogen and oxygen atoms in total. The number of ether oxygens (including phenoxy) is 1. The van der Waals surface area contributed by atoms with E-state index in [4.69, 9.17) is 21.3 Å². The molecule has 2 aliphatic rings. The molecule has 4 heterocycles. The predicted octanol–water partition coefficient (Wildman–Crippen LogP) is 5.44. The van der Waals surface area contributed by atoms with Gasteiger partial charge in [0.05, 0.1) is 24.1 Å². The fourth-order valence-electron chi connectivity index (χ4n) is 5.34. The first-order valence-corrected chi connectivity index (χ1v) is 12.7. The number of carbonyl (C=O) groups is 1. The minimum absolute atomic E-state index is 0.588. The van der Waals surface area contributed by atoms with Crippen LogP contribution in [0.5, 0.6) is 5.75 Å². The summed E-state index contributed by atoms with van der Waals surface area (Å²) >= 11 is 6.09.